The highest BCUT2D eigenvalue weighted by Crippen LogP contribution is 2.30. The Morgan fingerprint density at radius 2 is 1.45 bits per heavy atom. The van der Waals surface area contributed by atoms with Gasteiger partial charge in [-0.2, -0.15) is 0 Å². The van der Waals surface area contributed by atoms with Crippen molar-refractivity contribution in [3.8, 4) is 0 Å². The van der Waals surface area contributed by atoms with Gasteiger partial charge in [0.2, 0.25) is 0 Å². The molecule has 1 rings (SSSR count). The smallest absolute Gasteiger partial charge is 0.0348 e. The topological polar surface area (TPSA) is 12.0 Å². The minimum atomic E-state index is 0.491. The van der Waals surface area contributed by atoms with Crippen molar-refractivity contribution in [2.24, 2.45) is 5.92 Å². The summed E-state index contributed by atoms with van der Waals surface area (Å²) in [6.45, 7) is 14.8. The van der Waals surface area contributed by atoms with Gasteiger partial charge in [-0.3, -0.25) is 0 Å². The van der Waals surface area contributed by atoms with Gasteiger partial charge in [0.15, 0.2) is 0 Å². The number of nitrogens with one attached hydrogen (secondary N) is 1. The second-order valence-electron chi connectivity index (χ2n) is 6.06. The monoisotopic (exact) mass is 275 g/mol. The van der Waals surface area contributed by atoms with Gasteiger partial charge in [0, 0.05) is 6.04 Å². The molecule has 0 heterocycles. The van der Waals surface area contributed by atoms with Crippen molar-refractivity contribution in [2.75, 3.05) is 6.54 Å². The summed E-state index contributed by atoms with van der Waals surface area (Å²) in [5, 5.41) is 3.77. The molecule has 1 aromatic rings. The first kappa shape index (κ1) is 17.2. The van der Waals surface area contributed by atoms with Crippen molar-refractivity contribution in [1.82, 2.24) is 5.32 Å². The molecule has 1 unspecified atom stereocenters. The first-order chi connectivity index (χ1) is 9.58. The molecule has 0 saturated carbocycles. The number of aryl methyl sites for hydroxylation is 3. The maximum atomic E-state index is 3.77. The zero-order valence-electron chi connectivity index (χ0n) is 14.3. The van der Waals surface area contributed by atoms with Crippen LogP contribution in [0.25, 0.3) is 0 Å². The molecular formula is C19H33N. The predicted octanol–water partition coefficient (Wildman–Crippen LogP) is 5.07. The van der Waals surface area contributed by atoms with Crippen LogP contribution in [-0.2, 0) is 19.3 Å². The van der Waals surface area contributed by atoms with Crippen molar-refractivity contribution in [3.05, 3.63) is 34.4 Å². The molecule has 114 valence electrons. The molecule has 0 amide bonds. The normalized spacial score (nSPS) is 12.9. The summed E-state index contributed by atoms with van der Waals surface area (Å²) in [6.07, 6.45) is 4.59. The Morgan fingerprint density at radius 1 is 0.900 bits per heavy atom. The van der Waals surface area contributed by atoms with Gasteiger partial charge in [-0.1, -0.05) is 53.7 Å². The van der Waals surface area contributed by atoms with E-state index >= 15 is 0 Å². The van der Waals surface area contributed by atoms with Gasteiger partial charge in [-0.25, -0.2) is 0 Å². The molecule has 0 aliphatic heterocycles. The van der Waals surface area contributed by atoms with Gasteiger partial charge >= 0.3 is 0 Å². The molecule has 1 atom stereocenters. The average molecular weight is 275 g/mol. The highest BCUT2D eigenvalue weighted by molar-refractivity contribution is 5.42. The van der Waals surface area contributed by atoms with Crippen LogP contribution in [0.4, 0.5) is 0 Å². The summed E-state index contributed by atoms with van der Waals surface area (Å²) in [5.41, 5.74) is 6.16. The Kier molecular flexibility index (Phi) is 7.29. The highest BCUT2D eigenvalue weighted by Gasteiger charge is 2.21. The summed E-state index contributed by atoms with van der Waals surface area (Å²) in [5.74, 6) is 0.629. The van der Waals surface area contributed by atoms with Gasteiger partial charge in [0.1, 0.15) is 0 Å². The van der Waals surface area contributed by atoms with Gasteiger partial charge in [0.05, 0.1) is 0 Å². The molecular weight excluding hydrogens is 242 g/mol. The summed E-state index contributed by atoms with van der Waals surface area (Å²) in [7, 11) is 0. The Hall–Kier alpha value is -0.820. The van der Waals surface area contributed by atoms with Crippen LogP contribution in [0.2, 0.25) is 0 Å². The van der Waals surface area contributed by atoms with E-state index in [9.17, 15) is 0 Å². The second-order valence-corrected chi connectivity index (χ2v) is 6.06. The zero-order valence-corrected chi connectivity index (χ0v) is 14.3. The first-order valence-electron chi connectivity index (χ1n) is 8.46. The Bertz CT molecular complexity index is 381. The first-order valence-corrected chi connectivity index (χ1v) is 8.46. The third kappa shape index (κ3) is 4.09. The quantitative estimate of drug-likeness (QED) is 0.698. The summed E-state index contributed by atoms with van der Waals surface area (Å²) >= 11 is 0. The van der Waals surface area contributed by atoms with E-state index in [1.54, 1.807) is 16.7 Å². The molecule has 0 spiro atoms. The number of rotatable bonds is 8. The molecule has 0 aromatic heterocycles. The Labute approximate surface area is 126 Å². The molecule has 1 nitrogen and oxygen atoms in total. The van der Waals surface area contributed by atoms with E-state index in [1.807, 2.05) is 0 Å². The van der Waals surface area contributed by atoms with Crippen LogP contribution in [0.3, 0.4) is 0 Å². The standard InChI is InChI=1S/C19H33N/c1-7-11-20-19(14(5)6)18-16(9-3)12-15(8-2)13-17(18)10-4/h12-14,19-20H,7-11H2,1-6H3. The molecule has 1 heteroatoms. The van der Waals surface area contributed by atoms with E-state index in [0.717, 1.165) is 25.8 Å². The molecule has 0 fully saturated rings. The minimum Gasteiger partial charge on any atom is -0.310 e. The van der Waals surface area contributed by atoms with Crippen molar-refractivity contribution < 1.29 is 0 Å². The molecule has 0 radical (unpaired) electrons. The van der Waals surface area contributed by atoms with E-state index in [-0.39, 0.29) is 0 Å². The predicted molar refractivity (Wildman–Crippen MR) is 90.4 cm³/mol. The molecule has 20 heavy (non-hydrogen) atoms. The van der Waals surface area contributed by atoms with E-state index in [4.69, 9.17) is 0 Å². The second kappa shape index (κ2) is 8.46. The third-order valence-corrected chi connectivity index (χ3v) is 4.17. The van der Waals surface area contributed by atoms with Crippen molar-refractivity contribution in [3.63, 3.8) is 0 Å². The molecule has 0 bridgehead atoms. The van der Waals surface area contributed by atoms with Crippen LogP contribution in [-0.4, -0.2) is 6.54 Å². The maximum Gasteiger partial charge on any atom is 0.0348 e. The largest absolute Gasteiger partial charge is 0.310 e. The van der Waals surface area contributed by atoms with Gasteiger partial charge in [0.25, 0.3) is 0 Å². The van der Waals surface area contributed by atoms with Gasteiger partial charge < -0.3 is 5.32 Å². The zero-order chi connectivity index (χ0) is 15.1. The van der Waals surface area contributed by atoms with E-state index < -0.39 is 0 Å². The van der Waals surface area contributed by atoms with Crippen LogP contribution >= 0.6 is 0 Å². The molecule has 0 aliphatic carbocycles. The molecule has 0 aliphatic rings. The highest BCUT2D eigenvalue weighted by atomic mass is 14.9. The fraction of sp³-hybridized carbons (Fsp3) is 0.684. The minimum absolute atomic E-state index is 0.491. The van der Waals surface area contributed by atoms with E-state index in [0.29, 0.717) is 12.0 Å². The van der Waals surface area contributed by atoms with Gasteiger partial charge in [-0.15, -0.1) is 0 Å². The van der Waals surface area contributed by atoms with Crippen molar-refractivity contribution >= 4 is 0 Å². The van der Waals surface area contributed by atoms with Crippen LogP contribution in [0.15, 0.2) is 12.1 Å². The Morgan fingerprint density at radius 3 is 1.80 bits per heavy atom. The SMILES string of the molecule is CCCNC(c1c(CC)cc(CC)cc1CC)C(C)C. The number of hydrogen-bond donors (Lipinski definition) is 1. The fourth-order valence-electron chi connectivity index (χ4n) is 3.01. The number of benzene rings is 1. The lowest BCUT2D eigenvalue weighted by atomic mass is 9.85. The summed E-state index contributed by atoms with van der Waals surface area (Å²) in [4.78, 5) is 0. The van der Waals surface area contributed by atoms with Crippen LogP contribution < -0.4 is 5.32 Å². The number of hydrogen-bond acceptors (Lipinski definition) is 1. The van der Waals surface area contributed by atoms with Crippen molar-refractivity contribution in [1.29, 1.82) is 0 Å². The van der Waals surface area contributed by atoms with Crippen molar-refractivity contribution in [2.45, 2.75) is 73.3 Å². The molecule has 0 saturated heterocycles. The lowest BCUT2D eigenvalue weighted by Crippen LogP contribution is -2.28. The lowest BCUT2D eigenvalue weighted by molar-refractivity contribution is 0.408. The molecule has 1 aromatic carbocycles. The van der Waals surface area contributed by atoms with E-state index in [2.05, 4.69) is 59.0 Å². The molecule has 1 N–H and O–H groups in total. The Balaban J connectivity index is 3.29. The van der Waals surface area contributed by atoms with Crippen LogP contribution in [0, 0.1) is 5.92 Å². The third-order valence-electron chi connectivity index (χ3n) is 4.17. The van der Waals surface area contributed by atoms with E-state index in [1.165, 1.54) is 12.0 Å². The fourth-order valence-corrected chi connectivity index (χ4v) is 3.01. The summed E-state index contributed by atoms with van der Waals surface area (Å²) in [6, 6.07) is 5.35. The van der Waals surface area contributed by atoms with Crippen LogP contribution in [0.5, 0.6) is 0 Å². The van der Waals surface area contributed by atoms with Gasteiger partial charge in [-0.05, 0) is 60.4 Å². The average Bonchev–Trinajstić information content (AvgIpc) is 2.46. The van der Waals surface area contributed by atoms with Crippen LogP contribution in [0.1, 0.15) is 76.3 Å². The lowest BCUT2D eigenvalue weighted by Gasteiger charge is -2.28. The summed E-state index contributed by atoms with van der Waals surface area (Å²) < 4.78 is 0. The maximum absolute atomic E-state index is 3.77.